The van der Waals surface area contributed by atoms with Crippen molar-refractivity contribution in [2.24, 2.45) is 5.92 Å². The van der Waals surface area contributed by atoms with Crippen molar-refractivity contribution in [1.82, 2.24) is 0 Å². The Bertz CT molecular complexity index is 157. The Hall–Kier alpha value is -0.570. The Morgan fingerprint density at radius 2 is 2.00 bits per heavy atom. The molecule has 0 amide bonds. The third kappa shape index (κ3) is 5.97. The molecule has 0 aliphatic carbocycles. The van der Waals surface area contributed by atoms with Crippen LogP contribution >= 0.6 is 0 Å². The summed E-state index contributed by atoms with van der Waals surface area (Å²) < 4.78 is 5.25. The highest BCUT2D eigenvalue weighted by molar-refractivity contribution is 5.72. The average Bonchev–Trinajstić information content (AvgIpc) is 2.16. The first-order valence-electron chi connectivity index (χ1n) is 5.46. The van der Waals surface area contributed by atoms with Crippen molar-refractivity contribution in [2.75, 3.05) is 6.61 Å². The van der Waals surface area contributed by atoms with Gasteiger partial charge in [0.25, 0.3) is 0 Å². The van der Waals surface area contributed by atoms with E-state index in [-0.39, 0.29) is 0 Å². The number of hydrogen-bond donors (Lipinski definition) is 1. The van der Waals surface area contributed by atoms with E-state index in [1.54, 1.807) is 0 Å². The molecule has 0 aromatic rings. The van der Waals surface area contributed by atoms with Gasteiger partial charge in [0.2, 0.25) is 0 Å². The Balaban J connectivity index is 3.79. The molecule has 3 heteroatoms. The Kier molecular flexibility index (Phi) is 7.48. The molecule has 1 N–H and O–H groups in total. The summed E-state index contributed by atoms with van der Waals surface area (Å²) in [6.45, 7) is 6.77. The summed E-state index contributed by atoms with van der Waals surface area (Å²) >= 11 is 0. The van der Waals surface area contributed by atoms with Crippen LogP contribution in [0.5, 0.6) is 0 Å². The van der Waals surface area contributed by atoms with Crippen LogP contribution in [0.15, 0.2) is 0 Å². The molecule has 0 spiro atoms. The molecule has 0 saturated carbocycles. The number of carbonyl (C=O) groups is 1. The highest BCUT2D eigenvalue weighted by atomic mass is 16.5. The fourth-order valence-corrected chi connectivity index (χ4v) is 1.18. The van der Waals surface area contributed by atoms with E-state index in [0.717, 1.165) is 19.3 Å². The van der Waals surface area contributed by atoms with Crippen molar-refractivity contribution in [3.63, 3.8) is 0 Å². The van der Waals surface area contributed by atoms with Crippen LogP contribution in [0.3, 0.4) is 0 Å². The van der Waals surface area contributed by atoms with Gasteiger partial charge < -0.3 is 9.84 Å². The topological polar surface area (TPSA) is 46.5 Å². The van der Waals surface area contributed by atoms with Crippen LogP contribution in [0.1, 0.15) is 46.5 Å². The molecule has 3 nitrogen and oxygen atoms in total. The first-order valence-corrected chi connectivity index (χ1v) is 5.46. The fourth-order valence-electron chi connectivity index (χ4n) is 1.18. The zero-order valence-corrected chi connectivity index (χ0v) is 9.45. The van der Waals surface area contributed by atoms with Gasteiger partial charge in [0, 0.05) is 6.61 Å². The van der Waals surface area contributed by atoms with Gasteiger partial charge in [-0.15, -0.1) is 0 Å². The number of rotatable bonds is 8. The van der Waals surface area contributed by atoms with Crippen molar-refractivity contribution in [2.45, 2.75) is 52.6 Å². The van der Waals surface area contributed by atoms with Crippen molar-refractivity contribution >= 4 is 5.97 Å². The predicted octanol–water partition coefficient (Wildman–Crippen LogP) is 2.69. The maximum Gasteiger partial charge on any atom is 0.332 e. The van der Waals surface area contributed by atoms with Gasteiger partial charge in [0.1, 0.15) is 0 Å². The first kappa shape index (κ1) is 13.4. The summed E-state index contributed by atoms with van der Waals surface area (Å²) in [5, 5.41) is 8.86. The molecule has 2 unspecified atom stereocenters. The Labute approximate surface area is 86.5 Å². The molecule has 0 saturated heterocycles. The summed E-state index contributed by atoms with van der Waals surface area (Å²) in [6.07, 6.45) is 2.92. The van der Waals surface area contributed by atoms with Crippen molar-refractivity contribution < 1.29 is 14.6 Å². The Morgan fingerprint density at radius 3 is 2.43 bits per heavy atom. The molecule has 0 aromatic heterocycles. The molecule has 0 bridgehead atoms. The lowest BCUT2D eigenvalue weighted by Gasteiger charge is -2.15. The van der Waals surface area contributed by atoms with E-state index < -0.39 is 12.1 Å². The van der Waals surface area contributed by atoms with E-state index in [4.69, 9.17) is 9.84 Å². The van der Waals surface area contributed by atoms with Gasteiger partial charge >= 0.3 is 5.97 Å². The minimum atomic E-state index is -0.832. The lowest BCUT2D eigenvalue weighted by molar-refractivity contribution is -0.151. The summed E-state index contributed by atoms with van der Waals surface area (Å²) in [5.74, 6) is -0.246. The number of carboxylic acid groups (broad SMARTS) is 1. The molecular formula is C11H22O3. The minimum Gasteiger partial charge on any atom is -0.479 e. The third-order valence-corrected chi connectivity index (χ3v) is 2.42. The molecule has 0 radical (unpaired) electrons. The van der Waals surface area contributed by atoms with E-state index >= 15 is 0 Å². The van der Waals surface area contributed by atoms with Gasteiger partial charge in [0.15, 0.2) is 6.10 Å². The summed E-state index contributed by atoms with van der Waals surface area (Å²) in [6, 6.07) is 0. The van der Waals surface area contributed by atoms with Crippen molar-refractivity contribution in [1.29, 1.82) is 0 Å². The van der Waals surface area contributed by atoms with E-state index in [2.05, 4.69) is 13.8 Å². The second-order valence-electron chi connectivity index (χ2n) is 3.79. The quantitative estimate of drug-likeness (QED) is 0.658. The van der Waals surface area contributed by atoms with Gasteiger partial charge in [-0.05, 0) is 25.2 Å². The van der Waals surface area contributed by atoms with Crippen LogP contribution in [0.25, 0.3) is 0 Å². The monoisotopic (exact) mass is 202 g/mol. The zero-order valence-electron chi connectivity index (χ0n) is 9.45. The van der Waals surface area contributed by atoms with Crippen LogP contribution < -0.4 is 0 Å². The number of carboxylic acids is 1. The largest absolute Gasteiger partial charge is 0.479 e. The smallest absolute Gasteiger partial charge is 0.332 e. The van der Waals surface area contributed by atoms with Crippen LogP contribution in [0.4, 0.5) is 0 Å². The van der Waals surface area contributed by atoms with E-state index in [1.165, 1.54) is 0 Å². The summed E-state index contributed by atoms with van der Waals surface area (Å²) in [7, 11) is 0. The van der Waals surface area contributed by atoms with Crippen molar-refractivity contribution in [3.05, 3.63) is 0 Å². The summed E-state index contributed by atoms with van der Waals surface area (Å²) in [5.41, 5.74) is 0. The maximum absolute atomic E-state index is 10.8. The maximum atomic E-state index is 10.8. The normalized spacial score (nSPS) is 15.1. The minimum absolute atomic E-state index is 0.539. The van der Waals surface area contributed by atoms with E-state index in [1.807, 2.05) is 6.92 Å². The molecule has 0 fully saturated rings. The molecule has 0 aromatic carbocycles. The standard InChI is InChI=1S/C11H22O3/c1-4-8-14-10(11(12)13)7-6-9(3)5-2/h9-10H,4-8H2,1-3H3,(H,12,13). The number of ether oxygens (including phenoxy) is 1. The first-order chi connectivity index (χ1) is 6.61. The van der Waals surface area contributed by atoms with Crippen LogP contribution in [-0.2, 0) is 9.53 Å². The van der Waals surface area contributed by atoms with E-state index in [9.17, 15) is 4.79 Å². The third-order valence-electron chi connectivity index (χ3n) is 2.42. The molecular weight excluding hydrogens is 180 g/mol. The molecule has 0 heterocycles. The molecule has 0 aliphatic heterocycles. The lowest BCUT2D eigenvalue weighted by atomic mass is 10.0. The van der Waals surface area contributed by atoms with Gasteiger partial charge in [-0.2, -0.15) is 0 Å². The SMILES string of the molecule is CCCOC(CCC(C)CC)C(=O)O. The molecule has 14 heavy (non-hydrogen) atoms. The molecule has 0 rings (SSSR count). The van der Waals surface area contributed by atoms with Gasteiger partial charge in [0.05, 0.1) is 0 Å². The lowest BCUT2D eigenvalue weighted by Crippen LogP contribution is -2.24. The van der Waals surface area contributed by atoms with Crippen LogP contribution in [-0.4, -0.2) is 23.8 Å². The van der Waals surface area contributed by atoms with Gasteiger partial charge in [-0.1, -0.05) is 27.2 Å². The van der Waals surface area contributed by atoms with Gasteiger partial charge in [-0.25, -0.2) is 4.79 Å². The number of hydrogen-bond acceptors (Lipinski definition) is 2. The number of aliphatic carboxylic acids is 1. The molecule has 84 valence electrons. The van der Waals surface area contributed by atoms with Gasteiger partial charge in [-0.3, -0.25) is 0 Å². The highest BCUT2D eigenvalue weighted by Gasteiger charge is 2.17. The fraction of sp³-hybridized carbons (Fsp3) is 0.909. The Morgan fingerprint density at radius 1 is 1.36 bits per heavy atom. The average molecular weight is 202 g/mol. The molecule has 2 atom stereocenters. The highest BCUT2D eigenvalue weighted by Crippen LogP contribution is 2.13. The van der Waals surface area contributed by atoms with Crippen molar-refractivity contribution in [3.8, 4) is 0 Å². The van der Waals surface area contributed by atoms with Crippen LogP contribution in [0.2, 0.25) is 0 Å². The second kappa shape index (κ2) is 7.80. The second-order valence-corrected chi connectivity index (χ2v) is 3.79. The zero-order chi connectivity index (χ0) is 11.0. The summed E-state index contributed by atoms with van der Waals surface area (Å²) in [4.78, 5) is 10.8. The van der Waals surface area contributed by atoms with Crippen LogP contribution in [0, 0.1) is 5.92 Å². The predicted molar refractivity (Wildman–Crippen MR) is 56.4 cm³/mol. The van der Waals surface area contributed by atoms with E-state index in [0.29, 0.717) is 18.9 Å². The molecule has 0 aliphatic rings.